The lowest BCUT2D eigenvalue weighted by molar-refractivity contribution is 0.647. The smallest absolute Gasteiger partial charge is 0.135 e. The Kier molecular flexibility index (Phi) is 5.49. The topological polar surface area (TPSA) is 18.1 Å². The number of para-hydroxylation sites is 1. The molecule has 6 aromatic carbocycles. The maximum atomic E-state index is 6.33. The fourth-order valence-electron chi connectivity index (χ4n) is 8.20. The molecule has 2 heterocycles. The molecule has 0 atom stereocenters. The molecule has 2 aliphatic carbocycles. The summed E-state index contributed by atoms with van der Waals surface area (Å²) in [5.74, 6) is 0. The van der Waals surface area contributed by atoms with Crippen LogP contribution < -0.4 is 0 Å². The van der Waals surface area contributed by atoms with E-state index in [-0.39, 0.29) is 5.41 Å². The minimum atomic E-state index is -0.167. The third-order valence-corrected chi connectivity index (χ3v) is 10.6. The summed E-state index contributed by atoms with van der Waals surface area (Å²) in [6.45, 7) is 4.71. The lowest BCUT2D eigenvalue weighted by atomic mass is 9.82. The van der Waals surface area contributed by atoms with Crippen molar-refractivity contribution in [3.8, 4) is 27.9 Å². The second kappa shape index (κ2) is 9.70. The lowest BCUT2D eigenvalue weighted by Gasteiger charge is -2.22. The number of furan rings is 1. The number of nitrogens with zero attached hydrogens (tertiary/aromatic N) is 1. The van der Waals surface area contributed by atoms with Crippen LogP contribution in [0.2, 0.25) is 0 Å². The van der Waals surface area contributed by atoms with Crippen LogP contribution in [0.25, 0.3) is 77.3 Å². The second-order valence-corrected chi connectivity index (χ2v) is 13.7. The molecule has 2 aliphatic rings. The summed E-state index contributed by atoms with van der Waals surface area (Å²) in [7, 11) is 0. The largest absolute Gasteiger partial charge is 0.456 e. The van der Waals surface area contributed by atoms with E-state index >= 15 is 0 Å². The summed E-state index contributed by atoms with van der Waals surface area (Å²) >= 11 is 0. The van der Waals surface area contributed by atoms with E-state index in [2.05, 4.69) is 152 Å². The van der Waals surface area contributed by atoms with Crippen LogP contribution in [0.4, 0.5) is 0 Å². The Morgan fingerprint density at radius 2 is 1.30 bits per heavy atom. The molecular weight excluding hydrogens is 571 g/mol. The zero-order chi connectivity index (χ0) is 31.3. The van der Waals surface area contributed by atoms with Gasteiger partial charge in [-0.05, 0) is 112 Å². The van der Waals surface area contributed by atoms with Crippen LogP contribution in [0.5, 0.6) is 0 Å². The van der Waals surface area contributed by atoms with Crippen molar-refractivity contribution < 1.29 is 4.42 Å². The number of aromatic nitrogens is 1. The van der Waals surface area contributed by atoms with Gasteiger partial charge in [0.2, 0.25) is 0 Å². The summed E-state index contributed by atoms with van der Waals surface area (Å²) in [5, 5.41) is 4.92. The van der Waals surface area contributed by atoms with Crippen molar-refractivity contribution >= 4 is 49.3 Å². The van der Waals surface area contributed by atoms with Gasteiger partial charge in [-0.15, -0.1) is 0 Å². The van der Waals surface area contributed by atoms with E-state index in [0.29, 0.717) is 0 Å². The van der Waals surface area contributed by atoms with Crippen molar-refractivity contribution in [2.45, 2.75) is 32.1 Å². The van der Waals surface area contributed by atoms with Gasteiger partial charge in [-0.3, -0.25) is 0 Å². The fourth-order valence-corrected chi connectivity index (χ4v) is 8.20. The molecular formula is C45H33NO. The van der Waals surface area contributed by atoms with Gasteiger partial charge in [-0.25, -0.2) is 0 Å². The molecule has 2 aromatic heterocycles. The van der Waals surface area contributed by atoms with Crippen LogP contribution in [0.1, 0.15) is 43.4 Å². The quantitative estimate of drug-likeness (QED) is 0.196. The van der Waals surface area contributed by atoms with Crippen molar-refractivity contribution in [3.05, 3.63) is 156 Å². The van der Waals surface area contributed by atoms with E-state index in [1.165, 1.54) is 82.8 Å². The Morgan fingerprint density at radius 3 is 2.11 bits per heavy atom. The third-order valence-electron chi connectivity index (χ3n) is 10.6. The first-order valence-corrected chi connectivity index (χ1v) is 16.7. The number of benzene rings is 6. The Bertz CT molecular complexity index is 2640. The average Bonchev–Trinajstić information content (AvgIpc) is 3.72. The number of hydrogen-bond donors (Lipinski definition) is 0. The number of hydrogen-bond acceptors (Lipinski definition) is 1. The molecule has 0 radical (unpaired) electrons. The summed E-state index contributed by atoms with van der Waals surface area (Å²) in [6, 6.07) is 44.8. The molecule has 0 spiro atoms. The maximum absolute atomic E-state index is 6.33. The van der Waals surface area contributed by atoms with E-state index in [1.54, 1.807) is 0 Å². The third kappa shape index (κ3) is 3.85. The predicted octanol–water partition coefficient (Wildman–Crippen LogP) is 12.4. The van der Waals surface area contributed by atoms with E-state index in [1.807, 2.05) is 6.07 Å². The van der Waals surface area contributed by atoms with Crippen LogP contribution in [0.3, 0.4) is 0 Å². The molecule has 2 nitrogen and oxygen atoms in total. The zero-order valence-corrected chi connectivity index (χ0v) is 26.5. The SMILES string of the molecule is CC1(C)c2cc(-n3c4ccc(C5=CCCC=C5)cc4c4cc(-c5ccccc5)ccc43)ccc2-c2cc3c(cc21)oc1ccccc13. The molecule has 0 aliphatic heterocycles. The van der Waals surface area contributed by atoms with Gasteiger partial charge in [0, 0.05) is 32.6 Å². The first kappa shape index (κ1) is 26.6. The molecule has 8 aromatic rings. The predicted molar refractivity (Wildman–Crippen MR) is 197 cm³/mol. The second-order valence-electron chi connectivity index (χ2n) is 13.7. The zero-order valence-electron chi connectivity index (χ0n) is 26.5. The summed E-state index contributed by atoms with van der Waals surface area (Å²) in [4.78, 5) is 0. The van der Waals surface area contributed by atoms with Crippen LogP contribution in [0, 0.1) is 0 Å². The van der Waals surface area contributed by atoms with Crippen molar-refractivity contribution in [1.29, 1.82) is 0 Å². The summed E-state index contributed by atoms with van der Waals surface area (Å²) < 4.78 is 8.80. The number of fused-ring (bicyclic) bond motifs is 9. The molecule has 0 amide bonds. The van der Waals surface area contributed by atoms with E-state index < -0.39 is 0 Å². The van der Waals surface area contributed by atoms with Gasteiger partial charge in [0.1, 0.15) is 11.2 Å². The molecule has 0 unspecified atom stereocenters. The Morgan fingerprint density at radius 1 is 0.553 bits per heavy atom. The van der Waals surface area contributed by atoms with Crippen molar-refractivity contribution in [2.24, 2.45) is 0 Å². The highest BCUT2D eigenvalue weighted by Crippen LogP contribution is 2.51. The summed E-state index contributed by atoms with van der Waals surface area (Å²) in [6.07, 6.45) is 9.15. The van der Waals surface area contributed by atoms with E-state index in [4.69, 9.17) is 4.42 Å². The molecule has 0 bridgehead atoms. The highest BCUT2D eigenvalue weighted by molar-refractivity contribution is 6.12. The Hall–Kier alpha value is -5.60. The molecule has 0 N–H and O–H groups in total. The van der Waals surface area contributed by atoms with Crippen LogP contribution in [-0.4, -0.2) is 4.57 Å². The van der Waals surface area contributed by atoms with Gasteiger partial charge >= 0.3 is 0 Å². The molecule has 0 fully saturated rings. The van der Waals surface area contributed by atoms with Gasteiger partial charge in [0.05, 0.1) is 11.0 Å². The van der Waals surface area contributed by atoms with Gasteiger partial charge in [0.15, 0.2) is 0 Å². The van der Waals surface area contributed by atoms with Gasteiger partial charge in [-0.1, -0.05) is 98.8 Å². The first-order chi connectivity index (χ1) is 23.0. The van der Waals surface area contributed by atoms with Gasteiger partial charge in [-0.2, -0.15) is 0 Å². The van der Waals surface area contributed by atoms with Crippen LogP contribution >= 0.6 is 0 Å². The number of allylic oxidation sites excluding steroid dienone is 4. The molecule has 2 heteroatoms. The van der Waals surface area contributed by atoms with Crippen molar-refractivity contribution in [3.63, 3.8) is 0 Å². The minimum Gasteiger partial charge on any atom is -0.456 e. The lowest BCUT2D eigenvalue weighted by Crippen LogP contribution is -2.15. The standard InChI is InChI=1S/C45H33NO/c1-45(2)39-25-32(19-20-33(39)35-26-38-34-15-9-10-16-43(34)47-44(38)27-40(35)45)46-41-21-17-30(28-11-5-3-6-12-28)23-36(41)37-24-31(18-22-42(37)46)29-13-7-4-8-14-29/h3,5-7,9-27H,4,8H2,1-2H3. The Balaban J connectivity index is 1.19. The summed E-state index contributed by atoms with van der Waals surface area (Å²) in [5.41, 5.74) is 15.7. The Labute approximate surface area is 273 Å². The van der Waals surface area contributed by atoms with E-state index in [9.17, 15) is 0 Å². The highest BCUT2D eigenvalue weighted by atomic mass is 16.3. The van der Waals surface area contributed by atoms with Gasteiger partial charge in [0.25, 0.3) is 0 Å². The average molecular weight is 604 g/mol. The normalized spacial score (nSPS) is 15.1. The van der Waals surface area contributed by atoms with Crippen molar-refractivity contribution in [2.75, 3.05) is 0 Å². The minimum absolute atomic E-state index is 0.167. The molecule has 0 saturated carbocycles. The molecule has 224 valence electrons. The first-order valence-electron chi connectivity index (χ1n) is 16.7. The highest BCUT2D eigenvalue weighted by Gasteiger charge is 2.37. The molecule has 10 rings (SSSR count). The van der Waals surface area contributed by atoms with Crippen molar-refractivity contribution in [1.82, 2.24) is 4.57 Å². The van der Waals surface area contributed by atoms with Crippen LogP contribution in [-0.2, 0) is 5.41 Å². The van der Waals surface area contributed by atoms with E-state index in [0.717, 1.165) is 24.0 Å². The molecule has 0 saturated heterocycles. The maximum Gasteiger partial charge on any atom is 0.135 e. The molecule has 47 heavy (non-hydrogen) atoms. The van der Waals surface area contributed by atoms with Crippen LogP contribution in [0.15, 0.2) is 144 Å². The monoisotopic (exact) mass is 603 g/mol. The van der Waals surface area contributed by atoms with Gasteiger partial charge < -0.3 is 8.98 Å². The number of rotatable bonds is 3. The fraction of sp³-hybridized carbons (Fsp3) is 0.111.